The number of aliphatic hydroxyl groups is 1. The number of rotatable bonds is 1. The second-order valence-corrected chi connectivity index (χ2v) is 5.45. The molecule has 0 saturated carbocycles. The third kappa shape index (κ3) is 2.15. The molecule has 0 spiro atoms. The number of nitrogens with zero attached hydrogens (tertiary/aromatic N) is 1. The minimum atomic E-state index is -4.49. The maximum Gasteiger partial charge on any atom is 0.356 e. The van der Waals surface area contributed by atoms with Crippen molar-refractivity contribution in [3.63, 3.8) is 0 Å². The number of piperidine rings is 1. The van der Waals surface area contributed by atoms with Gasteiger partial charge in [-0.25, -0.2) is 0 Å². The molecule has 0 bridgehead atoms. The number of carbonyl (C=O) groups is 1. The van der Waals surface area contributed by atoms with Gasteiger partial charge in [-0.2, -0.15) is 0 Å². The summed E-state index contributed by atoms with van der Waals surface area (Å²) >= 11 is 0. The van der Waals surface area contributed by atoms with Crippen LogP contribution in [0.5, 0.6) is 0 Å². The van der Waals surface area contributed by atoms with Crippen molar-refractivity contribution in [1.29, 1.82) is 0 Å². The van der Waals surface area contributed by atoms with E-state index in [2.05, 4.69) is 0 Å². The highest BCUT2D eigenvalue weighted by atomic mass is 31.2. The van der Waals surface area contributed by atoms with Gasteiger partial charge in [-0.05, 0) is 0 Å². The van der Waals surface area contributed by atoms with E-state index in [1.807, 2.05) is 0 Å². The minimum absolute atomic E-state index is 0.0726. The van der Waals surface area contributed by atoms with E-state index in [1.54, 1.807) is 0 Å². The van der Waals surface area contributed by atoms with E-state index >= 15 is 0 Å². The molecule has 0 radical (unpaired) electrons. The smallest absolute Gasteiger partial charge is 0.356 e. The zero-order chi connectivity index (χ0) is 11.0. The molecule has 1 fully saturated rings. The molecule has 14 heavy (non-hydrogen) atoms. The monoisotopic (exact) mass is 223 g/mol. The third-order valence-electron chi connectivity index (χ3n) is 2.55. The van der Waals surface area contributed by atoms with E-state index in [-0.39, 0.29) is 31.8 Å². The van der Waals surface area contributed by atoms with Gasteiger partial charge in [0.1, 0.15) is 0 Å². The van der Waals surface area contributed by atoms with E-state index in [1.165, 1.54) is 11.8 Å². The number of hydrogen-bond donors (Lipinski definition) is 3. The first kappa shape index (κ1) is 11.7. The van der Waals surface area contributed by atoms with E-state index in [9.17, 15) is 14.5 Å². The fraction of sp³-hybridized carbons (Fsp3) is 0.857. The van der Waals surface area contributed by atoms with Crippen molar-refractivity contribution in [2.24, 2.45) is 0 Å². The van der Waals surface area contributed by atoms with Crippen LogP contribution >= 0.6 is 7.60 Å². The predicted molar refractivity (Wildman–Crippen MR) is 48.5 cm³/mol. The van der Waals surface area contributed by atoms with Crippen molar-refractivity contribution in [1.82, 2.24) is 4.90 Å². The lowest BCUT2D eigenvalue weighted by Crippen LogP contribution is -2.45. The highest BCUT2D eigenvalue weighted by Crippen LogP contribution is 2.53. The van der Waals surface area contributed by atoms with Crippen LogP contribution in [0, 0.1) is 0 Å². The molecule has 3 N–H and O–H groups in total. The summed E-state index contributed by atoms with van der Waals surface area (Å²) in [4.78, 5) is 30.1. The minimum Gasteiger partial charge on any atom is -0.377 e. The molecule has 1 aliphatic heterocycles. The molecule has 1 amide bonds. The van der Waals surface area contributed by atoms with Gasteiger partial charge in [0.05, 0.1) is 0 Å². The van der Waals surface area contributed by atoms with Crippen molar-refractivity contribution in [2.45, 2.75) is 25.1 Å². The Balaban J connectivity index is 2.67. The molecule has 0 aromatic heterocycles. The maximum atomic E-state index is 10.9. The molecule has 7 heteroatoms. The Labute approximate surface area is 81.7 Å². The molecule has 0 aliphatic carbocycles. The van der Waals surface area contributed by atoms with Crippen molar-refractivity contribution >= 4 is 13.5 Å². The van der Waals surface area contributed by atoms with Crippen LogP contribution in [0.3, 0.4) is 0 Å². The number of amides is 1. The summed E-state index contributed by atoms with van der Waals surface area (Å²) in [6, 6.07) is 0. The second-order valence-electron chi connectivity index (χ2n) is 3.53. The highest BCUT2D eigenvalue weighted by Gasteiger charge is 2.47. The van der Waals surface area contributed by atoms with Crippen LogP contribution in [0.1, 0.15) is 19.8 Å². The summed E-state index contributed by atoms with van der Waals surface area (Å²) in [7, 11) is -4.49. The van der Waals surface area contributed by atoms with Gasteiger partial charge in [-0.15, -0.1) is 0 Å². The highest BCUT2D eigenvalue weighted by molar-refractivity contribution is 7.53. The molecular weight excluding hydrogens is 209 g/mol. The molecule has 6 nitrogen and oxygen atoms in total. The Kier molecular flexibility index (Phi) is 3.02. The lowest BCUT2D eigenvalue weighted by Gasteiger charge is -2.37. The average molecular weight is 223 g/mol. The molecule has 0 atom stereocenters. The quantitative estimate of drug-likeness (QED) is 0.520. The van der Waals surface area contributed by atoms with E-state index in [0.29, 0.717) is 0 Å². The van der Waals surface area contributed by atoms with Crippen LogP contribution in [0.25, 0.3) is 0 Å². The van der Waals surface area contributed by atoms with E-state index < -0.39 is 12.9 Å². The molecule has 0 aromatic carbocycles. The Morgan fingerprint density at radius 2 is 1.79 bits per heavy atom. The zero-order valence-corrected chi connectivity index (χ0v) is 8.78. The average Bonchev–Trinajstić information content (AvgIpc) is 2.03. The van der Waals surface area contributed by atoms with Crippen LogP contribution < -0.4 is 0 Å². The van der Waals surface area contributed by atoms with Crippen LogP contribution in [-0.2, 0) is 9.36 Å². The molecule has 1 rings (SSSR count). The Hall–Kier alpha value is -0.420. The first-order valence-corrected chi connectivity index (χ1v) is 5.91. The largest absolute Gasteiger partial charge is 0.377 e. The second kappa shape index (κ2) is 3.62. The van der Waals surface area contributed by atoms with E-state index in [4.69, 9.17) is 9.79 Å². The van der Waals surface area contributed by atoms with Crippen molar-refractivity contribution in [2.75, 3.05) is 13.1 Å². The normalized spacial score (nSPS) is 22.1. The Bertz CT molecular complexity index is 278. The standard InChI is InChI=1S/C7H14NO5P/c1-6(9)8-4-2-7(10,3-5-8)14(11,12)13/h10H,2-5H2,1H3,(H2,11,12,13). The molecule has 0 unspecified atom stereocenters. The van der Waals surface area contributed by atoms with Gasteiger partial charge >= 0.3 is 7.60 Å². The fourth-order valence-corrected chi connectivity index (χ4v) is 2.25. The topological polar surface area (TPSA) is 98.1 Å². The fourth-order valence-electron chi connectivity index (χ4n) is 1.47. The van der Waals surface area contributed by atoms with Gasteiger partial charge in [0.2, 0.25) is 5.91 Å². The summed E-state index contributed by atoms with van der Waals surface area (Å²) in [5.74, 6) is -0.141. The van der Waals surface area contributed by atoms with Crippen molar-refractivity contribution in [3.8, 4) is 0 Å². The zero-order valence-electron chi connectivity index (χ0n) is 7.88. The molecule has 82 valence electrons. The SMILES string of the molecule is CC(=O)N1CCC(O)(P(=O)(O)O)CC1. The number of hydrogen-bond acceptors (Lipinski definition) is 3. The van der Waals surface area contributed by atoms with Crippen molar-refractivity contribution < 1.29 is 24.3 Å². The van der Waals surface area contributed by atoms with Crippen LogP contribution in [-0.4, -0.2) is 44.1 Å². The number of carbonyl (C=O) groups excluding carboxylic acids is 1. The molecule has 1 saturated heterocycles. The third-order valence-corrected chi connectivity index (χ3v) is 4.08. The predicted octanol–water partition coefficient (Wildman–Crippen LogP) is -0.505. The summed E-state index contributed by atoms with van der Waals surface area (Å²) in [5.41, 5.74) is 0. The molecule has 1 aliphatic rings. The van der Waals surface area contributed by atoms with Crippen LogP contribution in [0.4, 0.5) is 0 Å². The molecular formula is C7H14NO5P. The first-order valence-electron chi connectivity index (χ1n) is 4.30. The van der Waals surface area contributed by atoms with E-state index in [0.717, 1.165) is 0 Å². The first-order chi connectivity index (χ1) is 6.26. The summed E-state index contributed by atoms with van der Waals surface area (Å²) in [6.45, 7) is 1.77. The summed E-state index contributed by atoms with van der Waals surface area (Å²) in [6.07, 6.45) is -0.145. The Morgan fingerprint density at radius 3 is 2.07 bits per heavy atom. The lowest BCUT2D eigenvalue weighted by atomic mass is 10.1. The van der Waals surface area contributed by atoms with Gasteiger partial charge in [-0.1, -0.05) is 0 Å². The van der Waals surface area contributed by atoms with Crippen LogP contribution in [0.15, 0.2) is 0 Å². The van der Waals surface area contributed by atoms with Gasteiger partial charge in [0.25, 0.3) is 0 Å². The molecule has 1 heterocycles. The van der Waals surface area contributed by atoms with Crippen LogP contribution in [0.2, 0.25) is 0 Å². The van der Waals surface area contributed by atoms with Gasteiger partial charge in [0, 0.05) is 32.9 Å². The summed E-state index contributed by atoms with van der Waals surface area (Å²) in [5, 5.41) is 7.66. The van der Waals surface area contributed by atoms with Gasteiger partial charge in [-0.3, -0.25) is 9.36 Å². The molecule has 0 aromatic rings. The van der Waals surface area contributed by atoms with Crippen molar-refractivity contribution in [3.05, 3.63) is 0 Å². The maximum absolute atomic E-state index is 10.9. The lowest BCUT2D eigenvalue weighted by molar-refractivity contribution is -0.131. The van der Waals surface area contributed by atoms with Gasteiger partial charge < -0.3 is 19.8 Å². The Morgan fingerprint density at radius 1 is 1.36 bits per heavy atom. The number of likely N-dealkylation sites (tertiary alicyclic amines) is 1. The van der Waals surface area contributed by atoms with Gasteiger partial charge in [0.15, 0.2) is 5.34 Å². The summed E-state index contributed by atoms with van der Waals surface area (Å²) < 4.78 is 10.9.